The molecule has 1 saturated carbocycles. The van der Waals surface area contributed by atoms with Gasteiger partial charge in [-0.2, -0.15) is 17.0 Å². The summed E-state index contributed by atoms with van der Waals surface area (Å²) in [5.41, 5.74) is 1.23. The van der Waals surface area contributed by atoms with E-state index in [2.05, 4.69) is 29.0 Å². The van der Waals surface area contributed by atoms with Crippen molar-refractivity contribution in [3.8, 4) is 5.75 Å². The van der Waals surface area contributed by atoms with E-state index in [0.29, 0.717) is 26.2 Å². The van der Waals surface area contributed by atoms with Gasteiger partial charge in [0.15, 0.2) is 0 Å². The molecule has 5 rings (SSSR count). The van der Waals surface area contributed by atoms with E-state index in [-0.39, 0.29) is 6.10 Å². The Balaban J connectivity index is 1.25. The molecule has 7 heteroatoms. The molecule has 6 nitrogen and oxygen atoms in total. The summed E-state index contributed by atoms with van der Waals surface area (Å²) in [5, 5.41) is 1.16. The third-order valence-electron chi connectivity index (χ3n) is 6.34. The van der Waals surface area contributed by atoms with E-state index in [0.717, 1.165) is 49.3 Å². The van der Waals surface area contributed by atoms with Crippen molar-refractivity contribution in [3.05, 3.63) is 30.5 Å². The fraction of sp³-hybridized carbons (Fsp3) is 0.619. The molecule has 0 amide bonds. The largest absolute Gasteiger partial charge is 0.490 e. The van der Waals surface area contributed by atoms with Gasteiger partial charge >= 0.3 is 0 Å². The summed E-state index contributed by atoms with van der Waals surface area (Å²) in [6, 6.07) is 8.42. The summed E-state index contributed by atoms with van der Waals surface area (Å²) in [4.78, 5) is 0. The first-order valence-electron chi connectivity index (χ1n) is 10.6. The van der Waals surface area contributed by atoms with E-state index in [1.807, 2.05) is 6.07 Å². The summed E-state index contributed by atoms with van der Waals surface area (Å²) in [7, 11) is -3.29. The van der Waals surface area contributed by atoms with Crippen LogP contribution in [0.5, 0.6) is 5.75 Å². The van der Waals surface area contributed by atoms with Crippen LogP contribution >= 0.6 is 0 Å². The molecule has 1 aromatic heterocycles. The highest BCUT2D eigenvalue weighted by molar-refractivity contribution is 7.86. The van der Waals surface area contributed by atoms with Gasteiger partial charge < -0.3 is 9.30 Å². The summed E-state index contributed by atoms with van der Waals surface area (Å²) < 4.78 is 37.4. The van der Waals surface area contributed by atoms with Crippen LogP contribution in [0.3, 0.4) is 0 Å². The standard InChI is InChI=1S/C21H29N3O3S/c25-28(26,23-11-1-2-12-23)24-14-8-18(9-15-24)27-21-5-3-4-20-19(21)10-13-22(20)16-17-6-7-17/h3-5,10,13,17-18H,1-2,6-9,11-12,14-16H2. The molecule has 1 aliphatic carbocycles. The number of benzene rings is 1. The van der Waals surface area contributed by atoms with Crippen molar-refractivity contribution in [2.24, 2.45) is 5.92 Å². The van der Waals surface area contributed by atoms with Crippen molar-refractivity contribution < 1.29 is 13.2 Å². The molecule has 2 saturated heterocycles. The van der Waals surface area contributed by atoms with Gasteiger partial charge in [0.25, 0.3) is 10.2 Å². The number of piperidine rings is 1. The Morgan fingerprint density at radius 1 is 0.929 bits per heavy atom. The van der Waals surface area contributed by atoms with Crippen LogP contribution in [0.1, 0.15) is 38.5 Å². The van der Waals surface area contributed by atoms with Gasteiger partial charge in [-0.05, 0) is 62.6 Å². The lowest BCUT2D eigenvalue weighted by Gasteiger charge is -2.33. The SMILES string of the molecule is O=S(=O)(N1CCCC1)N1CCC(Oc2cccc3c2ccn3CC2CC2)CC1. The van der Waals surface area contributed by atoms with Gasteiger partial charge in [0.2, 0.25) is 0 Å². The molecule has 0 unspecified atom stereocenters. The Labute approximate surface area is 167 Å². The van der Waals surface area contributed by atoms with Crippen molar-refractivity contribution in [1.29, 1.82) is 0 Å². The summed E-state index contributed by atoms with van der Waals surface area (Å²) in [6.07, 6.45) is 8.36. The maximum absolute atomic E-state index is 12.7. The second-order valence-electron chi connectivity index (χ2n) is 8.43. The van der Waals surface area contributed by atoms with Crippen LogP contribution in [0.25, 0.3) is 10.9 Å². The van der Waals surface area contributed by atoms with Crippen LogP contribution < -0.4 is 4.74 Å². The maximum Gasteiger partial charge on any atom is 0.281 e. The third kappa shape index (κ3) is 3.55. The van der Waals surface area contributed by atoms with E-state index in [4.69, 9.17) is 4.74 Å². The van der Waals surface area contributed by atoms with Crippen LogP contribution in [0.2, 0.25) is 0 Å². The van der Waals surface area contributed by atoms with Crippen molar-refractivity contribution in [2.75, 3.05) is 26.2 Å². The fourth-order valence-corrected chi connectivity index (χ4v) is 6.20. The van der Waals surface area contributed by atoms with Crippen molar-refractivity contribution in [3.63, 3.8) is 0 Å². The lowest BCUT2D eigenvalue weighted by molar-refractivity contribution is 0.134. The smallest absolute Gasteiger partial charge is 0.281 e. The highest BCUT2D eigenvalue weighted by atomic mass is 32.2. The molecule has 0 radical (unpaired) electrons. The molecular formula is C21H29N3O3S. The highest BCUT2D eigenvalue weighted by Crippen LogP contribution is 2.34. The number of aromatic nitrogens is 1. The van der Waals surface area contributed by atoms with Gasteiger partial charge in [0, 0.05) is 44.3 Å². The third-order valence-corrected chi connectivity index (χ3v) is 8.37. The minimum absolute atomic E-state index is 0.0717. The summed E-state index contributed by atoms with van der Waals surface area (Å²) >= 11 is 0. The van der Waals surface area contributed by atoms with Gasteiger partial charge in [-0.3, -0.25) is 0 Å². The molecule has 0 bridgehead atoms. The maximum atomic E-state index is 12.7. The Bertz CT molecular complexity index is 937. The van der Waals surface area contributed by atoms with Gasteiger partial charge in [-0.1, -0.05) is 6.07 Å². The van der Waals surface area contributed by atoms with Crippen LogP contribution in [0, 0.1) is 5.92 Å². The van der Waals surface area contributed by atoms with Crippen LogP contribution in [-0.4, -0.2) is 53.9 Å². The Morgan fingerprint density at radius 2 is 1.64 bits per heavy atom. The van der Waals surface area contributed by atoms with Gasteiger partial charge in [-0.25, -0.2) is 0 Å². The molecule has 0 N–H and O–H groups in total. The summed E-state index contributed by atoms with van der Waals surface area (Å²) in [5.74, 6) is 1.76. The van der Waals surface area contributed by atoms with E-state index in [1.165, 1.54) is 18.4 Å². The molecule has 2 aliphatic heterocycles. The zero-order valence-corrected chi connectivity index (χ0v) is 17.1. The molecular weight excluding hydrogens is 374 g/mol. The van der Waals surface area contributed by atoms with Gasteiger partial charge in [-0.15, -0.1) is 0 Å². The lowest BCUT2D eigenvalue weighted by Crippen LogP contribution is -2.47. The number of hydrogen-bond acceptors (Lipinski definition) is 3. The van der Waals surface area contributed by atoms with E-state index in [9.17, 15) is 8.42 Å². The minimum Gasteiger partial charge on any atom is -0.490 e. The van der Waals surface area contributed by atoms with Crippen LogP contribution in [0.4, 0.5) is 0 Å². The first-order chi connectivity index (χ1) is 13.6. The van der Waals surface area contributed by atoms with Crippen LogP contribution in [0.15, 0.2) is 30.5 Å². The predicted molar refractivity (Wildman–Crippen MR) is 110 cm³/mol. The molecule has 3 heterocycles. The zero-order valence-electron chi connectivity index (χ0n) is 16.3. The van der Waals surface area contributed by atoms with Gasteiger partial charge in [0.1, 0.15) is 11.9 Å². The minimum atomic E-state index is -3.29. The molecule has 1 aromatic carbocycles. The second kappa shape index (κ2) is 7.35. The molecule has 3 fully saturated rings. The quantitative estimate of drug-likeness (QED) is 0.744. The van der Waals surface area contributed by atoms with Crippen molar-refractivity contribution in [1.82, 2.24) is 13.2 Å². The Hall–Kier alpha value is -1.57. The fourth-order valence-electron chi connectivity index (χ4n) is 4.48. The second-order valence-corrected chi connectivity index (χ2v) is 10.4. The molecule has 2 aromatic rings. The normalized spacial score (nSPS) is 22.9. The van der Waals surface area contributed by atoms with E-state index >= 15 is 0 Å². The predicted octanol–water partition coefficient (Wildman–Crippen LogP) is 3.24. The average molecular weight is 404 g/mol. The molecule has 0 atom stereocenters. The lowest BCUT2D eigenvalue weighted by atomic mass is 10.1. The van der Waals surface area contributed by atoms with Crippen molar-refractivity contribution in [2.45, 2.75) is 51.2 Å². The average Bonchev–Trinajstić information content (AvgIpc) is 3.17. The van der Waals surface area contributed by atoms with Crippen LogP contribution in [-0.2, 0) is 16.8 Å². The number of hydrogen-bond donors (Lipinski definition) is 0. The van der Waals surface area contributed by atoms with E-state index in [1.54, 1.807) is 8.61 Å². The van der Waals surface area contributed by atoms with E-state index < -0.39 is 10.2 Å². The van der Waals surface area contributed by atoms with Crippen molar-refractivity contribution >= 4 is 21.1 Å². The Kier molecular flexibility index (Phi) is 4.85. The molecule has 0 spiro atoms. The molecule has 3 aliphatic rings. The number of fused-ring (bicyclic) bond motifs is 1. The Morgan fingerprint density at radius 3 is 2.36 bits per heavy atom. The zero-order chi connectivity index (χ0) is 19.1. The highest BCUT2D eigenvalue weighted by Gasteiger charge is 2.34. The monoisotopic (exact) mass is 403 g/mol. The topological polar surface area (TPSA) is 54.8 Å². The first-order valence-corrected chi connectivity index (χ1v) is 12.0. The number of ether oxygens (including phenoxy) is 1. The number of nitrogens with zero attached hydrogens (tertiary/aromatic N) is 3. The molecule has 28 heavy (non-hydrogen) atoms. The van der Waals surface area contributed by atoms with Gasteiger partial charge in [0.05, 0.1) is 5.52 Å². The molecule has 152 valence electrons. The number of rotatable bonds is 6. The first kappa shape index (κ1) is 18.5. The summed E-state index contributed by atoms with van der Waals surface area (Å²) in [6.45, 7) is 3.52.